The van der Waals surface area contributed by atoms with Crippen molar-refractivity contribution in [3.63, 3.8) is 0 Å². The van der Waals surface area contributed by atoms with Crippen molar-refractivity contribution in [1.29, 1.82) is 0 Å². The second-order valence-corrected chi connectivity index (χ2v) is 4.60. The number of aromatic nitrogens is 2. The first-order valence-corrected chi connectivity index (χ1v) is 6.09. The van der Waals surface area contributed by atoms with Crippen LogP contribution in [-0.2, 0) is 4.74 Å². The lowest BCUT2D eigenvalue weighted by atomic mass is 10.3. The number of carbonyl (C=O) groups excluding carboxylic acids is 1. The van der Waals surface area contributed by atoms with E-state index in [-0.39, 0.29) is 10.0 Å². The molecular weight excluding hydrogens is 276 g/mol. The van der Waals surface area contributed by atoms with E-state index >= 15 is 0 Å². The number of nitrogens with zero attached hydrogens (tertiary/aromatic N) is 2. The third kappa shape index (κ3) is 2.44. The summed E-state index contributed by atoms with van der Waals surface area (Å²) in [5.41, 5.74) is 0.733. The van der Waals surface area contributed by atoms with Gasteiger partial charge in [0.15, 0.2) is 10.0 Å². The molecule has 0 spiro atoms. The van der Waals surface area contributed by atoms with Crippen molar-refractivity contribution in [3.05, 3.63) is 28.5 Å². The maximum absolute atomic E-state index is 11.4. The molecule has 94 valence electrons. The summed E-state index contributed by atoms with van der Waals surface area (Å²) in [5.74, 6) is 0.109. The van der Waals surface area contributed by atoms with Crippen molar-refractivity contribution < 1.29 is 14.3 Å². The predicted octanol–water partition coefficient (Wildman–Crippen LogP) is 2.65. The van der Waals surface area contributed by atoms with Gasteiger partial charge in [-0.2, -0.15) is 0 Å². The van der Waals surface area contributed by atoms with Gasteiger partial charge < -0.3 is 9.47 Å². The van der Waals surface area contributed by atoms with Crippen LogP contribution in [0.5, 0.6) is 5.75 Å². The Morgan fingerprint density at radius 2 is 2.17 bits per heavy atom. The molecule has 0 atom stereocenters. The summed E-state index contributed by atoms with van der Waals surface area (Å²) >= 11 is 7.04. The molecule has 0 aliphatic heterocycles. The number of hydrogen-bond acceptors (Lipinski definition) is 6. The molecule has 0 radical (unpaired) electrons. The molecule has 0 fully saturated rings. The summed E-state index contributed by atoms with van der Waals surface area (Å²) in [6.45, 7) is 0. The highest BCUT2D eigenvalue weighted by molar-refractivity contribution is 7.17. The zero-order chi connectivity index (χ0) is 13.1. The monoisotopic (exact) mass is 284 g/mol. The van der Waals surface area contributed by atoms with Gasteiger partial charge in [0.2, 0.25) is 0 Å². The number of pyridine rings is 1. The van der Waals surface area contributed by atoms with E-state index in [0.717, 1.165) is 16.9 Å². The molecule has 0 bridgehead atoms. The van der Waals surface area contributed by atoms with Crippen molar-refractivity contribution in [2.75, 3.05) is 14.2 Å². The topological polar surface area (TPSA) is 61.3 Å². The third-order valence-electron chi connectivity index (χ3n) is 2.15. The Balaban J connectivity index is 2.42. The van der Waals surface area contributed by atoms with Gasteiger partial charge in [-0.05, 0) is 6.07 Å². The van der Waals surface area contributed by atoms with Gasteiger partial charge >= 0.3 is 5.97 Å². The van der Waals surface area contributed by atoms with E-state index in [1.807, 2.05) is 0 Å². The van der Waals surface area contributed by atoms with Gasteiger partial charge in [0.1, 0.15) is 10.8 Å². The van der Waals surface area contributed by atoms with Crippen molar-refractivity contribution in [2.45, 2.75) is 0 Å². The maximum Gasteiger partial charge on any atom is 0.351 e. The van der Waals surface area contributed by atoms with Crippen LogP contribution in [-0.4, -0.2) is 30.2 Å². The number of halogens is 1. The Labute approximate surface area is 112 Å². The summed E-state index contributed by atoms with van der Waals surface area (Å²) in [6.07, 6.45) is 3.21. The number of esters is 1. The maximum atomic E-state index is 11.4. The Morgan fingerprint density at radius 1 is 1.39 bits per heavy atom. The molecule has 0 amide bonds. The number of rotatable bonds is 3. The molecule has 7 heteroatoms. The van der Waals surface area contributed by atoms with Gasteiger partial charge in [-0.15, -0.1) is 11.3 Å². The number of carbonyl (C=O) groups is 1. The lowest BCUT2D eigenvalue weighted by Crippen LogP contribution is -1.98. The molecule has 5 nitrogen and oxygen atoms in total. The molecule has 2 rings (SSSR count). The molecule has 2 aromatic heterocycles. The third-order valence-corrected chi connectivity index (χ3v) is 3.62. The minimum absolute atomic E-state index is 0.129. The highest BCUT2D eigenvalue weighted by Gasteiger charge is 2.18. The van der Waals surface area contributed by atoms with Crippen LogP contribution in [0, 0.1) is 0 Å². The van der Waals surface area contributed by atoms with E-state index in [2.05, 4.69) is 14.7 Å². The SMILES string of the molecule is COC(=O)c1sc(-c2cncc(OC)c2)nc1Cl. The highest BCUT2D eigenvalue weighted by Crippen LogP contribution is 2.32. The molecule has 0 saturated carbocycles. The Morgan fingerprint density at radius 3 is 2.83 bits per heavy atom. The first kappa shape index (κ1) is 12.8. The highest BCUT2D eigenvalue weighted by atomic mass is 35.5. The lowest BCUT2D eigenvalue weighted by Gasteiger charge is -2.00. The van der Waals surface area contributed by atoms with Gasteiger partial charge in [-0.1, -0.05) is 11.6 Å². The zero-order valence-corrected chi connectivity index (χ0v) is 11.2. The van der Waals surface area contributed by atoms with Crippen LogP contribution in [0.4, 0.5) is 0 Å². The molecule has 0 aromatic carbocycles. The van der Waals surface area contributed by atoms with Gasteiger partial charge in [0.25, 0.3) is 0 Å². The fourth-order valence-corrected chi connectivity index (χ4v) is 2.47. The first-order chi connectivity index (χ1) is 8.65. The molecule has 0 aliphatic carbocycles. The van der Waals surface area contributed by atoms with E-state index in [4.69, 9.17) is 16.3 Å². The molecule has 0 aliphatic rings. The van der Waals surface area contributed by atoms with Gasteiger partial charge in [-0.3, -0.25) is 4.98 Å². The Hall–Kier alpha value is -1.66. The van der Waals surface area contributed by atoms with Gasteiger partial charge in [-0.25, -0.2) is 9.78 Å². The van der Waals surface area contributed by atoms with E-state index in [1.165, 1.54) is 7.11 Å². The molecule has 2 heterocycles. The predicted molar refractivity (Wildman–Crippen MR) is 68.2 cm³/mol. The van der Waals surface area contributed by atoms with Crippen molar-refractivity contribution >= 4 is 28.9 Å². The van der Waals surface area contributed by atoms with Crippen molar-refractivity contribution in [1.82, 2.24) is 9.97 Å². The number of hydrogen-bond donors (Lipinski definition) is 0. The van der Waals surface area contributed by atoms with E-state index in [9.17, 15) is 4.79 Å². The normalized spacial score (nSPS) is 10.2. The minimum Gasteiger partial charge on any atom is -0.495 e. The van der Waals surface area contributed by atoms with E-state index < -0.39 is 5.97 Å². The number of thiazole rings is 1. The van der Waals surface area contributed by atoms with Crippen LogP contribution in [0.2, 0.25) is 5.15 Å². The second kappa shape index (κ2) is 5.32. The fraction of sp³-hybridized carbons (Fsp3) is 0.182. The zero-order valence-electron chi connectivity index (χ0n) is 9.64. The van der Waals surface area contributed by atoms with Crippen LogP contribution in [0.1, 0.15) is 9.67 Å². The van der Waals surface area contributed by atoms with E-state index in [0.29, 0.717) is 10.8 Å². The van der Waals surface area contributed by atoms with Crippen LogP contribution in [0.3, 0.4) is 0 Å². The summed E-state index contributed by atoms with van der Waals surface area (Å²) in [7, 11) is 2.85. The van der Waals surface area contributed by atoms with Crippen molar-refractivity contribution in [3.8, 4) is 16.3 Å². The Kier molecular flexibility index (Phi) is 3.78. The summed E-state index contributed by atoms with van der Waals surface area (Å²) < 4.78 is 9.69. The van der Waals surface area contributed by atoms with Crippen LogP contribution in [0.25, 0.3) is 10.6 Å². The van der Waals surface area contributed by atoms with Crippen LogP contribution < -0.4 is 4.74 Å². The fourth-order valence-electron chi connectivity index (χ4n) is 1.29. The summed E-state index contributed by atoms with van der Waals surface area (Å²) in [6, 6.07) is 1.77. The first-order valence-electron chi connectivity index (χ1n) is 4.89. The van der Waals surface area contributed by atoms with E-state index in [1.54, 1.807) is 25.6 Å². The molecule has 0 N–H and O–H groups in total. The van der Waals surface area contributed by atoms with Gasteiger partial charge in [0, 0.05) is 11.8 Å². The standard InChI is InChI=1S/C11H9ClN2O3S/c1-16-7-3-6(4-13-5-7)10-14-9(12)8(18-10)11(15)17-2/h3-5H,1-2H3. The molecular formula is C11H9ClN2O3S. The average Bonchev–Trinajstić information content (AvgIpc) is 2.80. The lowest BCUT2D eigenvalue weighted by molar-refractivity contribution is 0.0606. The number of methoxy groups -OCH3 is 2. The quantitative estimate of drug-likeness (QED) is 0.811. The largest absolute Gasteiger partial charge is 0.495 e. The van der Waals surface area contributed by atoms with Crippen molar-refractivity contribution in [2.24, 2.45) is 0 Å². The van der Waals surface area contributed by atoms with Gasteiger partial charge in [0.05, 0.1) is 20.4 Å². The van der Waals surface area contributed by atoms with Crippen LogP contribution in [0.15, 0.2) is 18.5 Å². The average molecular weight is 285 g/mol. The smallest absolute Gasteiger partial charge is 0.351 e. The summed E-state index contributed by atoms with van der Waals surface area (Å²) in [5, 5.41) is 0.719. The molecule has 2 aromatic rings. The summed E-state index contributed by atoms with van der Waals surface area (Å²) in [4.78, 5) is 19.8. The molecule has 18 heavy (non-hydrogen) atoms. The second-order valence-electron chi connectivity index (χ2n) is 3.24. The number of ether oxygens (including phenoxy) is 2. The Bertz CT molecular complexity index is 585. The molecule has 0 unspecified atom stereocenters. The van der Waals surface area contributed by atoms with Crippen LogP contribution >= 0.6 is 22.9 Å². The molecule has 0 saturated heterocycles. The minimum atomic E-state index is -0.500.